The molecule has 0 fully saturated rings. The van der Waals surface area contributed by atoms with Crippen LogP contribution in [0.1, 0.15) is 12.5 Å². The molecule has 122 valence electrons. The number of benzene rings is 1. The molecule has 0 radical (unpaired) electrons. The number of carboxylic acid groups (broad SMARTS) is 2. The summed E-state index contributed by atoms with van der Waals surface area (Å²) in [5.74, 6) is -2.16. The molecule has 0 amide bonds. The molecule has 1 unspecified atom stereocenters. The summed E-state index contributed by atoms with van der Waals surface area (Å²) < 4.78 is 0. The Labute approximate surface area is 131 Å². The van der Waals surface area contributed by atoms with Crippen molar-refractivity contribution in [3.05, 3.63) is 29.8 Å². The number of likely N-dealkylation sites (N-methyl/N-ethyl adjacent to an activating group) is 1. The summed E-state index contributed by atoms with van der Waals surface area (Å²) in [5.41, 5.74) is 1.64. The molecule has 22 heavy (non-hydrogen) atoms. The lowest BCUT2D eigenvalue weighted by Crippen LogP contribution is -2.36. The predicted octanol–water partition coefficient (Wildman–Crippen LogP) is 1.40. The number of hydrogen-bond acceptors (Lipinski definition) is 4. The Morgan fingerprint density at radius 3 is 2.14 bits per heavy atom. The zero-order valence-electron chi connectivity index (χ0n) is 13.3. The minimum atomic E-state index is -0.864. The first-order valence-corrected chi connectivity index (χ1v) is 7.22. The van der Waals surface area contributed by atoms with Gasteiger partial charge in [-0.05, 0) is 31.8 Å². The van der Waals surface area contributed by atoms with Gasteiger partial charge in [0, 0.05) is 25.3 Å². The normalized spacial score (nSPS) is 12.2. The van der Waals surface area contributed by atoms with Crippen LogP contribution in [0, 0.1) is 5.92 Å². The molecule has 0 bridgehead atoms. The van der Waals surface area contributed by atoms with Crippen LogP contribution in [0.4, 0.5) is 5.69 Å². The van der Waals surface area contributed by atoms with E-state index in [1.54, 1.807) is 19.1 Å². The fraction of sp³-hybridized carbons (Fsp3) is 0.500. The van der Waals surface area contributed by atoms with E-state index in [2.05, 4.69) is 0 Å². The summed E-state index contributed by atoms with van der Waals surface area (Å²) in [4.78, 5) is 25.8. The monoisotopic (exact) mass is 308 g/mol. The average molecular weight is 308 g/mol. The standard InChI is InChI=1S/C16H24N2O4/c1-12(16(21)22)11-18(9-8-17(2)3)14-6-4-13(5-7-14)10-15(19)20/h4-7,12H,8-11H2,1-3H3,(H,19,20)(H,21,22). The van der Waals surface area contributed by atoms with Crippen molar-refractivity contribution in [2.75, 3.05) is 38.6 Å². The van der Waals surface area contributed by atoms with Crippen molar-refractivity contribution >= 4 is 17.6 Å². The first-order valence-electron chi connectivity index (χ1n) is 7.22. The van der Waals surface area contributed by atoms with Gasteiger partial charge in [0.15, 0.2) is 0 Å². The Morgan fingerprint density at radius 2 is 1.68 bits per heavy atom. The third-order valence-electron chi connectivity index (χ3n) is 3.39. The lowest BCUT2D eigenvalue weighted by Gasteiger charge is -2.28. The van der Waals surface area contributed by atoms with Gasteiger partial charge in [0.25, 0.3) is 0 Å². The van der Waals surface area contributed by atoms with Crippen molar-refractivity contribution in [2.45, 2.75) is 13.3 Å². The van der Waals surface area contributed by atoms with Crippen molar-refractivity contribution in [1.82, 2.24) is 4.90 Å². The van der Waals surface area contributed by atoms with Crippen LogP contribution in [0.15, 0.2) is 24.3 Å². The summed E-state index contributed by atoms with van der Waals surface area (Å²) >= 11 is 0. The molecular weight excluding hydrogens is 284 g/mol. The maximum Gasteiger partial charge on any atom is 0.308 e. The molecule has 0 heterocycles. The lowest BCUT2D eigenvalue weighted by molar-refractivity contribution is -0.141. The summed E-state index contributed by atoms with van der Waals surface area (Å²) in [5, 5.41) is 17.9. The van der Waals surface area contributed by atoms with Crippen LogP contribution < -0.4 is 4.90 Å². The topological polar surface area (TPSA) is 81.1 Å². The van der Waals surface area contributed by atoms with E-state index in [1.165, 1.54) is 0 Å². The Hall–Kier alpha value is -2.08. The largest absolute Gasteiger partial charge is 0.481 e. The maximum atomic E-state index is 11.1. The lowest BCUT2D eigenvalue weighted by atomic mass is 10.1. The third-order valence-corrected chi connectivity index (χ3v) is 3.39. The van der Waals surface area contributed by atoms with Crippen LogP contribution >= 0.6 is 0 Å². The van der Waals surface area contributed by atoms with Gasteiger partial charge >= 0.3 is 11.9 Å². The van der Waals surface area contributed by atoms with Crippen LogP contribution in [-0.4, -0.2) is 60.8 Å². The summed E-state index contributed by atoms with van der Waals surface area (Å²) in [6, 6.07) is 7.25. The molecular formula is C16H24N2O4. The molecule has 6 nitrogen and oxygen atoms in total. The molecule has 1 aromatic carbocycles. The summed E-state index contributed by atoms with van der Waals surface area (Å²) in [7, 11) is 3.93. The van der Waals surface area contributed by atoms with E-state index < -0.39 is 17.9 Å². The predicted molar refractivity (Wildman–Crippen MR) is 85.3 cm³/mol. The minimum absolute atomic E-state index is 0.0104. The number of carboxylic acids is 2. The SMILES string of the molecule is CC(CN(CCN(C)C)c1ccc(CC(=O)O)cc1)C(=O)O. The van der Waals surface area contributed by atoms with Gasteiger partial charge in [-0.15, -0.1) is 0 Å². The van der Waals surface area contributed by atoms with E-state index in [0.29, 0.717) is 13.1 Å². The molecule has 0 aromatic heterocycles. The number of aliphatic carboxylic acids is 2. The van der Waals surface area contributed by atoms with Gasteiger partial charge in [-0.25, -0.2) is 0 Å². The van der Waals surface area contributed by atoms with Gasteiger partial charge in [-0.1, -0.05) is 19.1 Å². The van der Waals surface area contributed by atoms with Crippen molar-refractivity contribution < 1.29 is 19.8 Å². The molecule has 6 heteroatoms. The van der Waals surface area contributed by atoms with Crippen LogP contribution in [-0.2, 0) is 16.0 Å². The van der Waals surface area contributed by atoms with Crippen LogP contribution in [0.2, 0.25) is 0 Å². The third kappa shape index (κ3) is 6.13. The molecule has 0 saturated carbocycles. The zero-order chi connectivity index (χ0) is 16.7. The number of nitrogens with zero attached hydrogens (tertiary/aromatic N) is 2. The van der Waals surface area contributed by atoms with Crippen molar-refractivity contribution in [3.8, 4) is 0 Å². The van der Waals surface area contributed by atoms with Gasteiger partial charge in [0.1, 0.15) is 0 Å². The van der Waals surface area contributed by atoms with Gasteiger partial charge in [0.2, 0.25) is 0 Å². The summed E-state index contributed by atoms with van der Waals surface area (Å²) in [6.07, 6.45) is -0.0104. The first kappa shape index (κ1) is 18.0. The fourth-order valence-corrected chi connectivity index (χ4v) is 2.05. The minimum Gasteiger partial charge on any atom is -0.481 e. The second-order valence-electron chi connectivity index (χ2n) is 5.73. The fourth-order valence-electron chi connectivity index (χ4n) is 2.05. The second kappa shape index (κ2) is 8.38. The van der Waals surface area contributed by atoms with Crippen LogP contribution in [0.5, 0.6) is 0 Å². The molecule has 2 N–H and O–H groups in total. The van der Waals surface area contributed by atoms with Gasteiger partial charge in [0.05, 0.1) is 12.3 Å². The van der Waals surface area contributed by atoms with E-state index in [1.807, 2.05) is 36.0 Å². The average Bonchev–Trinajstić information content (AvgIpc) is 2.43. The maximum absolute atomic E-state index is 11.1. The van der Waals surface area contributed by atoms with Crippen molar-refractivity contribution in [3.63, 3.8) is 0 Å². The van der Waals surface area contributed by atoms with E-state index in [9.17, 15) is 9.59 Å². The van der Waals surface area contributed by atoms with Gasteiger partial charge in [-0.3, -0.25) is 9.59 Å². The molecule has 1 atom stereocenters. The highest BCUT2D eigenvalue weighted by molar-refractivity contribution is 5.71. The van der Waals surface area contributed by atoms with Crippen LogP contribution in [0.25, 0.3) is 0 Å². The molecule has 0 aliphatic rings. The molecule has 1 rings (SSSR count). The number of carbonyl (C=O) groups is 2. The molecule has 0 saturated heterocycles. The van der Waals surface area contributed by atoms with Gasteiger partial charge in [-0.2, -0.15) is 0 Å². The second-order valence-corrected chi connectivity index (χ2v) is 5.73. The van der Waals surface area contributed by atoms with E-state index in [0.717, 1.165) is 17.8 Å². The highest BCUT2D eigenvalue weighted by Crippen LogP contribution is 2.17. The van der Waals surface area contributed by atoms with E-state index in [4.69, 9.17) is 10.2 Å². The number of hydrogen-bond donors (Lipinski definition) is 2. The zero-order valence-corrected chi connectivity index (χ0v) is 13.3. The number of anilines is 1. The Balaban J connectivity index is 2.84. The quantitative estimate of drug-likeness (QED) is 0.718. The van der Waals surface area contributed by atoms with Gasteiger partial charge < -0.3 is 20.0 Å². The smallest absolute Gasteiger partial charge is 0.308 e. The van der Waals surface area contributed by atoms with Crippen molar-refractivity contribution in [1.29, 1.82) is 0 Å². The van der Waals surface area contributed by atoms with E-state index in [-0.39, 0.29) is 6.42 Å². The first-order chi connectivity index (χ1) is 10.3. The molecule has 0 aliphatic heterocycles. The Bertz CT molecular complexity index is 499. The van der Waals surface area contributed by atoms with Crippen LogP contribution in [0.3, 0.4) is 0 Å². The molecule has 0 aliphatic carbocycles. The number of rotatable bonds is 9. The Kier molecular flexibility index (Phi) is 6.85. The summed E-state index contributed by atoms with van der Waals surface area (Å²) in [6.45, 7) is 3.62. The molecule has 1 aromatic rings. The molecule has 0 spiro atoms. The highest BCUT2D eigenvalue weighted by atomic mass is 16.4. The van der Waals surface area contributed by atoms with E-state index >= 15 is 0 Å². The highest BCUT2D eigenvalue weighted by Gasteiger charge is 2.17. The van der Waals surface area contributed by atoms with Crippen molar-refractivity contribution in [2.24, 2.45) is 5.92 Å². The Morgan fingerprint density at radius 1 is 1.09 bits per heavy atom.